The third kappa shape index (κ3) is 1.13. The van der Waals surface area contributed by atoms with E-state index >= 15 is 0 Å². The van der Waals surface area contributed by atoms with Gasteiger partial charge in [-0.2, -0.15) is 0 Å². The summed E-state index contributed by atoms with van der Waals surface area (Å²) in [5.41, 5.74) is 0.238. The highest BCUT2D eigenvalue weighted by Crippen LogP contribution is 2.63. The summed E-state index contributed by atoms with van der Waals surface area (Å²) < 4.78 is 0. The van der Waals surface area contributed by atoms with Crippen LogP contribution in [0, 0.1) is 28.6 Å². The predicted octanol–water partition coefficient (Wildman–Crippen LogP) is 3.43. The van der Waals surface area contributed by atoms with E-state index in [1.165, 1.54) is 32.1 Å². The van der Waals surface area contributed by atoms with Crippen LogP contribution in [-0.2, 0) is 4.79 Å². The lowest BCUT2D eigenvalue weighted by molar-refractivity contribution is -0.165. The zero-order valence-corrected chi connectivity index (χ0v) is 10.2. The van der Waals surface area contributed by atoms with Crippen molar-refractivity contribution in [1.29, 1.82) is 0 Å². The zero-order chi connectivity index (χ0) is 10.8. The highest BCUT2D eigenvalue weighted by atomic mass is 16.1. The van der Waals surface area contributed by atoms with Crippen LogP contribution in [0.1, 0.15) is 52.9 Å². The fourth-order valence-corrected chi connectivity index (χ4v) is 4.76. The molecule has 4 bridgehead atoms. The van der Waals surface area contributed by atoms with Gasteiger partial charge in [-0.3, -0.25) is 4.79 Å². The minimum absolute atomic E-state index is 0.0573. The molecule has 4 saturated carbocycles. The Morgan fingerprint density at radius 1 is 1.07 bits per heavy atom. The third-order valence-electron chi connectivity index (χ3n) is 5.45. The Labute approximate surface area is 92.6 Å². The Morgan fingerprint density at radius 3 is 2.07 bits per heavy atom. The molecule has 0 aromatic carbocycles. The summed E-state index contributed by atoms with van der Waals surface area (Å²) in [7, 11) is 0. The second-order valence-corrected chi connectivity index (χ2v) is 7.24. The van der Waals surface area contributed by atoms with Crippen LogP contribution in [0.3, 0.4) is 0 Å². The van der Waals surface area contributed by atoms with E-state index in [0.29, 0.717) is 11.7 Å². The topological polar surface area (TPSA) is 17.1 Å². The number of rotatable bonds is 0. The Bertz CT molecular complexity index is 296. The summed E-state index contributed by atoms with van der Waals surface area (Å²) in [6.45, 7) is 6.83. The largest absolute Gasteiger partial charge is 0.299 e. The summed E-state index contributed by atoms with van der Waals surface area (Å²) in [6, 6.07) is 0. The second kappa shape index (κ2) is 2.67. The molecule has 0 N–H and O–H groups in total. The van der Waals surface area contributed by atoms with Gasteiger partial charge in [0.1, 0.15) is 5.78 Å². The standard InChI is InChI=1S/C14H22O/c1-13(2,3)14-7-9-4-10(8-14)6-11(5-9)12(14)15/h9-11H,4-8H2,1-3H3. The Hall–Kier alpha value is -0.330. The summed E-state index contributed by atoms with van der Waals surface area (Å²) in [5.74, 6) is 2.82. The van der Waals surface area contributed by atoms with Crippen molar-refractivity contribution in [3.05, 3.63) is 0 Å². The summed E-state index contributed by atoms with van der Waals surface area (Å²) in [6.07, 6.45) is 6.24. The van der Waals surface area contributed by atoms with Crippen molar-refractivity contribution in [2.75, 3.05) is 0 Å². The maximum Gasteiger partial charge on any atom is 0.142 e. The molecule has 15 heavy (non-hydrogen) atoms. The summed E-state index contributed by atoms with van der Waals surface area (Å²) in [4.78, 5) is 12.5. The average Bonchev–Trinajstić information content (AvgIpc) is 2.10. The first-order valence-electron chi connectivity index (χ1n) is 6.47. The maximum atomic E-state index is 12.5. The van der Waals surface area contributed by atoms with Crippen molar-refractivity contribution in [3.8, 4) is 0 Å². The lowest BCUT2D eigenvalue weighted by Gasteiger charge is -2.60. The van der Waals surface area contributed by atoms with Gasteiger partial charge in [0.25, 0.3) is 0 Å². The van der Waals surface area contributed by atoms with Gasteiger partial charge in [-0.05, 0) is 49.4 Å². The molecule has 0 aliphatic heterocycles. The van der Waals surface area contributed by atoms with Gasteiger partial charge in [-0.15, -0.1) is 0 Å². The van der Waals surface area contributed by atoms with Gasteiger partial charge in [0, 0.05) is 11.3 Å². The predicted molar refractivity (Wildman–Crippen MR) is 60.5 cm³/mol. The molecule has 2 unspecified atom stereocenters. The molecule has 2 atom stereocenters. The Morgan fingerprint density at radius 2 is 1.60 bits per heavy atom. The molecular formula is C14H22O. The van der Waals surface area contributed by atoms with Crippen LogP contribution >= 0.6 is 0 Å². The molecule has 0 radical (unpaired) electrons. The van der Waals surface area contributed by atoms with Gasteiger partial charge in [0.2, 0.25) is 0 Å². The van der Waals surface area contributed by atoms with Crippen LogP contribution in [0.25, 0.3) is 0 Å². The fourth-order valence-electron chi connectivity index (χ4n) is 4.76. The van der Waals surface area contributed by atoms with Crippen LogP contribution in [0.15, 0.2) is 0 Å². The Balaban J connectivity index is 2.05. The normalized spacial score (nSPS) is 48.7. The summed E-state index contributed by atoms with van der Waals surface area (Å²) >= 11 is 0. The number of hydrogen-bond donors (Lipinski definition) is 0. The number of hydrogen-bond acceptors (Lipinski definition) is 1. The van der Waals surface area contributed by atoms with E-state index in [2.05, 4.69) is 20.8 Å². The molecule has 4 rings (SSSR count). The highest BCUT2D eigenvalue weighted by molar-refractivity contribution is 5.89. The molecule has 0 spiro atoms. The first-order valence-corrected chi connectivity index (χ1v) is 6.47. The molecule has 4 aliphatic carbocycles. The molecule has 4 fully saturated rings. The molecule has 84 valence electrons. The van der Waals surface area contributed by atoms with Crippen LogP contribution in [0.2, 0.25) is 0 Å². The van der Waals surface area contributed by atoms with E-state index in [4.69, 9.17) is 0 Å². The first kappa shape index (κ1) is 9.86. The van der Waals surface area contributed by atoms with Crippen molar-refractivity contribution in [2.24, 2.45) is 28.6 Å². The van der Waals surface area contributed by atoms with Gasteiger partial charge in [0.05, 0.1) is 0 Å². The monoisotopic (exact) mass is 206 g/mol. The molecule has 0 saturated heterocycles. The summed E-state index contributed by atoms with van der Waals surface area (Å²) in [5, 5.41) is 0. The smallest absolute Gasteiger partial charge is 0.142 e. The number of ketones is 1. The Kier molecular flexibility index (Phi) is 1.76. The van der Waals surface area contributed by atoms with Crippen molar-refractivity contribution in [2.45, 2.75) is 52.9 Å². The van der Waals surface area contributed by atoms with Crippen LogP contribution in [0.5, 0.6) is 0 Å². The van der Waals surface area contributed by atoms with Gasteiger partial charge < -0.3 is 0 Å². The number of carbonyl (C=O) groups excluding carboxylic acids is 1. The highest BCUT2D eigenvalue weighted by Gasteiger charge is 2.60. The van der Waals surface area contributed by atoms with E-state index < -0.39 is 0 Å². The molecular weight excluding hydrogens is 184 g/mol. The van der Waals surface area contributed by atoms with Crippen molar-refractivity contribution in [1.82, 2.24) is 0 Å². The molecule has 4 aliphatic rings. The lowest BCUT2D eigenvalue weighted by atomic mass is 9.43. The van der Waals surface area contributed by atoms with Crippen LogP contribution in [-0.4, -0.2) is 5.78 Å². The number of Topliss-reactive ketones (excluding diaryl/α,β-unsaturated/α-hetero) is 1. The molecule has 0 amide bonds. The van der Waals surface area contributed by atoms with Gasteiger partial charge >= 0.3 is 0 Å². The quantitative estimate of drug-likeness (QED) is 0.593. The first-order chi connectivity index (χ1) is 6.92. The second-order valence-electron chi connectivity index (χ2n) is 7.24. The molecule has 0 heterocycles. The zero-order valence-electron chi connectivity index (χ0n) is 10.2. The minimum Gasteiger partial charge on any atom is -0.299 e. The van der Waals surface area contributed by atoms with E-state index in [1.807, 2.05) is 0 Å². The van der Waals surface area contributed by atoms with Crippen LogP contribution < -0.4 is 0 Å². The lowest BCUT2D eigenvalue weighted by Crippen LogP contribution is -2.58. The van der Waals surface area contributed by atoms with E-state index in [9.17, 15) is 4.79 Å². The van der Waals surface area contributed by atoms with E-state index in [0.717, 1.165) is 11.8 Å². The van der Waals surface area contributed by atoms with Crippen molar-refractivity contribution < 1.29 is 4.79 Å². The molecule has 1 heteroatoms. The van der Waals surface area contributed by atoms with E-state index in [1.54, 1.807) is 0 Å². The van der Waals surface area contributed by atoms with Gasteiger partial charge in [-0.25, -0.2) is 0 Å². The molecule has 0 aromatic heterocycles. The SMILES string of the molecule is CC(C)(C)C12CC3CC(CC(C3)C1=O)C2. The average molecular weight is 206 g/mol. The number of carbonyl (C=O) groups is 1. The van der Waals surface area contributed by atoms with Gasteiger partial charge in [0.15, 0.2) is 0 Å². The van der Waals surface area contributed by atoms with E-state index in [-0.39, 0.29) is 10.8 Å². The third-order valence-corrected chi connectivity index (χ3v) is 5.45. The fraction of sp³-hybridized carbons (Fsp3) is 0.929. The maximum absolute atomic E-state index is 12.5. The van der Waals surface area contributed by atoms with Gasteiger partial charge in [-0.1, -0.05) is 20.8 Å². The van der Waals surface area contributed by atoms with Crippen molar-refractivity contribution >= 4 is 5.78 Å². The van der Waals surface area contributed by atoms with Crippen molar-refractivity contribution in [3.63, 3.8) is 0 Å². The molecule has 1 nitrogen and oxygen atoms in total. The minimum atomic E-state index is 0.0573. The van der Waals surface area contributed by atoms with Crippen LogP contribution in [0.4, 0.5) is 0 Å². The molecule has 0 aromatic rings.